The number of halogens is 3. The van der Waals surface area contributed by atoms with E-state index in [4.69, 9.17) is 0 Å². The molecule has 0 bridgehead atoms. The third kappa shape index (κ3) is 6.24. The van der Waals surface area contributed by atoms with Crippen LogP contribution in [0.25, 0.3) is 22.0 Å². The summed E-state index contributed by atoms with van der Waals surface area (Å²) in [4.78, 5) is 23.9. The number of unbranched alkanes of at least 4 members (excludes halogenated alkanes) is 2. The van der Waals surface area contributed by atoms with Gasteiger partial charge in [0, 0.05) is 23.6 Å². The number of fused-ring (bicyclic) bond motifs is 1. The van der Waals surface area contributed by atoms with E-state index in [9.17, 15) is 27.9 Å². The summed E-state index contributed by atoms with van der Waals surface area (Å²) in [5.74, 6) is -2.55. The van der Waals surface area contributed by atoms with Crippen LogP contribution >= 0.6 is 0 Å². The van der Waals surface area contributed by atoms with Crippen molar-refractivity contribution < 1.29 is 27.9 Å². The number of nitrogens with zero attached hydrogens (tertiary/aromatic N) is 1. The van der Waals surface area contributed by atoms with Gasteiger partial charge in [0.15, 0.2) is 0 Å². The normalized spacial score (nSPS) is 12.2. The van der Waals surface area contributed by atoms with Gasteiger partial charge >= 0.3 is 12.1 Å². The maximum atomic E-state index is 13.0. The highest BCUT2D eigenvalue weighted by molar-refractivity contribution is 6.42. The smallest absolute Gasteiger partial charge is 0.416 e. The van der Waals surface area contributed by atoms with Crippen molar-refractivity contribution in [2.45, 2.75) is 64.6 Å². The summed E-state index contributed by atoms with van der Waals surface area (Å²) >= 11 is 0. The highest BCUT2D eigenvalue weighted by Crippen LogP contribution is 2.34. The average molecular weight is 536 g/mol. The number of rotatable bonds is 10. The number of carbonyl (C=O) groups excluding carboxylic acids is 1. The van der Waals surface area contributed by atoms with Crippen LogP contribution in [-0.2, 0) is 22.9 Å². The molecule has 1 heterocycles. The zero-order valence-corrected chi connectivity index (χ0v) is 22.3. The molecule has 0 aliphatic rings. The molecule has 4 aromatic rings. The molecule has 4 nitrogen and oxygen atoms in total. The summed E-state index contributed by atoms with van der Waals surface area (Å²) in [6.45, 7) is 7.07. The van der Waals surface area contributed by atoms with Gasteiger partial charge in [-0.25, -0.2) is 4.79 Å². The highest BCUT2D eigenvalue weighted by Gasteiger charge is 2.30. The molecule has 0 saturated carbocycles. The Morgan fingerprint density at radius 2 is 1.46 bits per heavy atom. The van der Waals surface area contributed by atoms with E-state index >= 15 is 0 Å². The van der Waals surface area contributed by atoms with Crippen LogP contribution in [-0.4, -0.2) is 21.4 Å². The molecule has 4 rings (SSSR count). The molecule has 0 fully saturated rings. The van der Waals surface area contributed by atoms with Crippen LogP contribution < -0.4 is 0 Å². The fourth-order valence-electron chi connectivity index (χ4n) is 4.97. The lowest BCUT2D eigenvalue weighted by atomic mass is 9.80. The number of benzene rings is 3. The first-order valence-electron chi connectivity index (χ1n) is 13.1. The molecule has 0 amide bonds. The Kier molecular flexibility index (Phi) is 8.00. The molecule has 0 atom stereocenters. The minimum atomic E-state index is -4.43. The Bertz CT molecular complexity index is 1480. The van der Waals surface area contributed by atoms with E-state index < -0.39 is 23.5 Å². The summed E-state index contributed by atoms with van der Waals surface area (Å²) in [5.41, 5.74) is 3.48. The van der Waals surface area contributed by atoms with Crippen molar-refractivity contribution in [3.63, 3.8) is 0 Å². The van der Waals surface area contributed by atoms with E-state index in [-0.39, 0.29) is 11.0 Å². The van der Waals surface area contributed by atoms with Crippen LogP contribution in [0.3, 0.4) is 0 Å². The van der Waals surface area contributed by atoms with Gasteiger partial charge in [0.25, 0.3) is 5.78 Å². The lowest BCUT2D eigenvalue weighted by Crippen LogP contribution is -2.17. The lowest BCUT2D eigenvalue weighted by molar-refractivity contribution is -0.137. The van der Waals surface area contributed by atoms with Crippen LogP contribution in [0.5, 0.6) is 0 Å². The molecule has 0 radical (unpaired) electrons. The van der Waals surface area contributed by atoms with Gasteiger partial charge in [-0.2, -0.15) is 13.2 Å². The van der Waals surface area contributed by atoms with Gasteiger partial charge in [0.1, 0.15) is 0 Å². The summed E-state index contributed by atoms with van der Waals surface area (Å²) in [6, 6.07) is 18.3. The molecular weight excluding hydrogens is 503 g/mol. The van der Waals surface area contributed by atoms with E-state index in [0.717, 1.165) is 24.1 Å². The third-order valence-electron chi connectivity index (χ3n) is 7.36. The zero-order valence-electron chi connectivity index (χ0n) is 22.3. The number of alkyl halides is 3. The van der Waals surface area contributed by atoms with E-state index in [0.29, 0.717) is 28.6 Å². The van der Waals surface area contributed by atoms with Gasteiger partial charge < -0.3 is 9.67 Å². The minimum absolute atomic E-state index is 0.0471. The maximum Gasteiger partial charge on any atom is 0.416 e. The molecule has 0 aliphatic heterocycles. The first-order chi connectivity index (χ1) is 18.4. The number of hydrogen-bond acceptors (Lipinski definition) is 2. The first kappa shape index (κ1) is 28.1. The van der Waals surface area contributed by atoms with Crippen LogP contribution in [0.4, 0.5) is 13.2 Å². The van der Waals surface area contributed by atoms with Crippen LogP contribution in [0, 0.1) is 0 Å². The van der Waals surface area contributed by atoms with Crippen LogP contribution in [0.2, 0.25) is 0 Å². The standard InChI is InChI=1S/C32H32F3NO3/c1-4-5-6-17-31(2,3)24-12-7-21(8-13-24)19-36-20-27(29(37)30(38)39)26-16-11-23(18-28(26)36)22-9-14-25(15-10-22)32(33,34)35/h7-16,18,20H,4-6,17,19H2,1-3H3,(H,38,39). The first-order valence-corrected chi connectivity index (χ1v) is 13.1. The maximum absolute atomic E-state index is 13.0. The molecule has 39 heavy (non-hydrogen) atoms. The van der Waals surface area contributed by atoms with Gasteiger partial charge in [-0.1, -0.05) is 88.6 Å². The molecule has 3 aromatic carbocycles. The van der Waals surface area contributed by atoms with E-state index in [1.54, 1.807) is 24.4 Å². The van der Waals surface area contributed by atoms with Crippen molar-refractivity contribution in [2.75, 3.05) is 0 Å². The second kappa shape index (κ2) is 11.1. The number of carboxylic acid groups (broad SMARTS) is 1. The summed E-state index contributed by atoms with van der Waals surface area (Å²) in [6.07, 6.45) is 1.75. The Hall–Kier alpha value is -3.87. The average Bonchev–Trinajstić information content (AvgIpc) is 3.25. The fraction of sp³-hybridized carbons (Fsp3) is 0.312. The molecule has 0 aliphatic carbocycles. The predicted molar refractivity (Wildman–Crippen MR) is 147 cm³/mol. The van der Waals surface area contributed by atoms with Crippen molar-refractivity contribution >= 4 is 22.7 Å². The summed E-state index contributed by atoms with van der Waals surface area (Å²) in [7, 11) is 0. The van der Waals surface area contributed by atoms with Crippen molar-refractivity contribution in [3.05, 3.63) is 95.2 Å². The Balaban J connectivity index is 1.69. The highest BCUT2D eigenvalue weighted by atomic mass is 19.4. The number of hydrogen-bond donors (Lipinski definition) is 1. The zero-order chi connectivity index (χ0) is 28.4. The SMILES string of the molecule is CCCCCC(C)(C)c1ccc(Cn2cc(C(=O)C(=O)O)c3ccc(-c4ccc(C(F)(F)F)cc4)cc32)cc1. The van der Waals surface area contributed by atoms with Gasteiger partial charge in [-0.05, 0) is 52.3 Å². The molecule has 1 N–H and O–H groups in total. The summed E-state index contributed by atoms with van der Waals surface area (Å²) < 4.78 is 40.9. The summed E-state index contributed by atoms with van der Waals surface area (Å²) in [5, 5.41) is 9.83. The second-order valence-corrected chi connectivity index (χ2v) is 10.6. The van der Waals surface area contributed by atoms with Crippen LogP contribution in [0.15, 0.2) is 72.9 Å². The van der Waals surface area contributed by atoms with Gasteiger partial charge in [0.05, 0.1) is 11.1 Å². The molecule has 204 valence electrons. The lowest BCUT2D eigenvalue weighted by Gasteiger charge is -2.25. The van der Waals surface area contributed by atoms with E-state index in [2.05, 4.69) is 32.9 Å². The molecule has 0 unspecified atom stereocenters. The third-order valence-corrected chi connectivity index (χ3v) is 7.36. The number of Topliss-reactive ketones (excluding diaryl/α,β-unsaturated/α-hetero) is 1. The largest absolute Gasteiger partial charge is 0.475 e. The van der Waals surface area contributed by atoms with Gasteiger partial charge in [-0.15, -0.1) is 0 Å². The van der Waals surface area contributed by atoms with E-state index in [1.165, 1.54) is 37.0 Å². The monoisotopic (exact) mass is 535 g/mol. The van der Waals surface area contributed by atoms with E-state index in [1.807, 2.05) is 16.7 Å². The Labute approximate surface area is 226 Å². The fourth-order valence-corrected chi connectivity index (χ4v) is 4.97. The second-order valence-electron chi connectivity index (χ2n) is 10.6. The number of ketones is 1. The van der Waals surface area contributed by atoms with Crippen molar-refractivity contribution in [3.8, 4) is 11.1 Å². The minimum Gasteiger partial charge on any atom is -0.475 e. The van der Waals surface area contributed by atoms with Crippen molar-refractivity contribution in [2.24, 2.45) is 0 Å². The molecule has 7 heteroatoms. The number of aromatic nitrogens is 1. The van der Waals surface area contributed by atoms with Crippen LogP contribution in [0.1, 0.15) is 73.5 Å². The van der Waals surface area contributed by atoms with Gasteiger partial charge in [-0.3, -0.25) is 4.79 Å². The van der Waals surface area contributed by atoms with Crippen molar-refractivity contribution in [1.29, 1.82) is 0 Å². The molecular formula is C32H32F3NO3. The number of carbonyl (C=O) groups is 2. The topological polar surface area (TPSA) is 59.3 Å². The predicted octanol–water partition coefficient (Wildman–Crippen LogP) is 8.50. The molecule has 0 spiro atoms. The molecule has 1 aromatic heterocycles. The number of carboxylic acids is 1. The Morgan fingerprint density at radius 1 is 0.846 bits per heavy atom. The Morgan fingerprint density at radius 3 is 2.05 bits per heavy atom. The molecule has 0 saturated heterocycles. The van der Waals surface area contributed by atoms with Crippen molar-refractivity contribution in [1.82, 2.24) is 4.57 Å². The van der Waals surface area contributed by atoms with Gasteiger partial charge in [0.2, 0.25) is 0 Å². The number of aliphatic carboxylic acids is 1. The quantitative estimate of drug-likeness (QED) is 0.126.